The topological polar surface area (TPSA) is 76.4 Å². The Kier molecular flexibility index (Phi) is 6.83. The summed E-state index contributed by atoms with van der Waals surface area (Å²) in [6.07, 6.45) is 3.21. The number of hydrogen-bond donors (Lipinski definition) is 3. The third kappa shape index (κ3) is 4.69. The molecule has 1 saturated carbocycles. The van der Waals surface area contributed by atoms with E-state index in [1.54, 1.807) is 7.11 Å². The molecule has 3 N–H and O–H groups in total. The Bertz CT molecular complexity index is 976. The van der Waals surface area contributed by atoms with Gasteiger partial charge in [0.05, 0.1) is 24.9 Å². The minimum atomic E-state index is -0.781. The fourth-order valence-corrected chi connectivity index (χ4v) is 6.87. The van der Waals surface area contributed by atoms with E-state index >= 15 is 0 Å². The molecular weight excluding hydrogens is 440 g/mol. The number of benzene rings is 2. The highest BCUT2D eigenvalue weighted by atomic mass is 16.5. The predicted molar refractivity (Wildman–Crippen MR) is 138 cm³/mol. The van der Waals surface area contributed by atoms with E-state index in [1.807, 2.05) is 18.2 Å². The lowest BCUT2D eigenvalue weighted by atomic mass is 9.74. The van der Waals surface area contributed by atoms with Gasteiger partial charge in [-0.15, -0.1) is 0 Å². The molecular formula is C29H40N2O4. The second-order valence-corrected chi connectivity index (χ2v) is 11.2. The normalized spacial score (nSPS) is 33.2. The summed E-state index contributed by atoms with van der Waals surface area (Å²) < 4.78 is 5.29. The van der Waals surface area contributed by atoms with E-state index in [1.165, 1.54) is 5.56 Å². The second kappa shape index (κ2) is 9.74. The van der Waals surface area contributed by atoms with Gasteiger partial charge in [-0.2, -0.15) is 0 Å². The Hall–Kier alpha value is -2.12. The summed E-state index contributed by atoms with van der Waals surface area (Å²) in [6, 6.07) is 18.9. The number of aliphatic hydroxyl groups is 3. The maximum Gasteiger partial charge on any atom is 0.119 e. The van der Waals surface area contributed by atoms with Crippen LogP contribution in [-0.4, -0.2) is 70.8 Å². The molecule has 0 spiro atoms. The molecule has 2 aromatic rings. The van der Waals surface area contributed by atoms with Crippen molar-refractivity contribution in [3.05, 3.63) is 60.2 Å². The number of aliphatic hydroxyl groups excluding tert-OH is 2. The quantitative estimate of drug-likeness (QED) is 0.605. The van der Waals surface area contributed by atoms with Crippen LogP contribution in [0.4, 0.5) is 5.69 Å². The van der Waals surface area contributed by atoms with Crippen LogP contribution in [0.2, 0.25) is 0 Å². The van der Waals surface area contributed by atoms with E-state index in [2.05, 4.69) is 53.1 Å². The molecule has 2 saturated heterocycles. The first-order valence-electron chi connectivity index (χ1n) is 13.1. The first kappa shape index (κ1) is 24.6. The van der Waals surface area contributed by atoms with Gasteiger partial charge in [0.25, 0.3) is 0 Å². The Morgan fingerprint density at radius 2 is 1.66 bits per heavy atom. The average molecular weight is 481 g/mol. The molecule has 3 aliphatic rings. The van der Waals surface area contributed by atoms with Crippen LogP contribution in [0, 0.1) is 5.41 Å². The van der Waals surface area contributed by atoms with Gasteiger partial charge >= 0.3 is 0 Å². The van der Waals surface area contributed by atoms with Crippen molar-refractivity contribution >= 4 is 5.69 Å². The van der Waals surface area contributed by atoms with Gasteiger partial charge in [-0.1, -0.05) is 37.3 Å². The van der Waals surface area contributed by atoms with Crippen LogP contribution in [-0.2, 0) is 0 Å². The molecule has 1 aliphatic carbocycles. The van der Waals surface area contributed by atoms with Crippen LogP contribution in [0.25, 0.3) is 0 Å². The summed E-state index contributed by atoms with van der Waals surface area (Å²) >= 11 is 0. The standard InChI is InChI=1S/C29H40N2O4/c1-28-19-24(21-7-4-3-5-8-21)31(26(28)10-6-9-25(32)27(28)33)20-29(34)15-17-30(18-16-29)22-11-13-23(35-2)14-12-22/h3-5,7-8,11-14,24-27,32-34H,6,9-10,15-20H2,1-2H3/t24-,25+,26-,27+,28-/m1/s1. The summed E-state index contributed by atoms with van der Waals surface area (Å²) in [4.78, 5) is 4.81. The highest BCUT2D eigenvalue weighted by Gasteiger charge is 2.56. The predicted octanol–water partition coefficient (Wildman–Crippen LogP) is 3.75. The van der Waals surface area contributed by atoms with Crippen LogP contribution < -0.4 is 9.64 Å². The fraction of sp³-hybridized carbons (Fsp3) is 0.586. The van der Waals surface area contributed by atoms with Crippen molar-refractivity contribution in [3.8, 4) is 5.75 Å². The minimum Gasteiger partial charge on any atom is -0.497 e. The minimum absolute atomic E-state index is 0.120. The van der Waals surface area contributed by atoms with E-state index in [0.717, 1.165) is 43.8 Å². The number of likely N-dealkylation sites (tertiary alicyclic amines) is 1. The lowest BCUT2D eigenvalue weighted by molar-refractivity contribution is -0.0723. The van der Waals surface area contributed by atoms with Gasteiger partial charge in [0, 0.05) is 42.8 Å². The Morgan fingerprint density at radius 3 is 2.31 bits per heavy atom. The fourth-order valence-electron chi connectivity index (χ4n) is 6.87. The molecule has 6 nitrogen and oxygen atoms in total. The number of methoxy groups -OCH3 is 1. The molecule has 0 aromatic heterocycles. The Balaban J connectivity index is 1.36. The van der Waals surface area contributed by atoms with Gasteiger partial charge in [-0.05, 0) is 68.4 Å². The number of piperidine rings is 1. The molecule has 0 amide bonds. The van der Waals surface area contributed by atoms with E-state index in [9.17, 15) is 15.3 Å². The summed E-state index contributed by atoms with van der Waals surface area (Å²) in [7, 11) is 1.68. The first-order valence-corrected chi connectivity index (χ1v) is 13.1. The zero-order chi connectivity index (χ0) is 24.6. The van der Waals surface area contributed by atoms with Crippen molar-refractivity contribution in [2.45, 2.75) is 75.3 Å². The van der Waals surface area contributed by atoms with E-state index in [-0.39, 0.29) is 12.1 Å². The third-order valence-electron chi connectivity index (χ3n) is 9.01. The number of anilines is 1. The Labute approximate surface area is 209 Å². The van der Waals surface area contributed by atoms with Crippen molar-refractivity contribution in [1.29, 1.82) is 0 Å². The van der Waals surface area contributed by atoms with Crippen molar-refractivity contribution < 1.29 is 20.1 Å². The monoisotopic (exact) mass is 480 g/mol. The highest BCUT2D eigenvalue weighted by molar-refractivity contribution is 5.49. The number of hydrogen-bond acceptors (Lipinski definition) is 6. The molecule has 2 heterocycles. The zero-order valence-electron chi connectivity index (χ0n) is 21.0. The van der Waals surface area contributed by atoms with Gasteiger partial charge in [-0.25, -0.2) is 0 Å². The third-order valence-corrected chi connectivity index (χ3v) is 9.01. The molecule has 0 radical (unpaired) electrons. The van der Waals surface area contributed by atoms with E-state index < -0.39 is 23.2 Å². The summed E-state index contributed by atoms with van der Waals surface area (Å²) in [6.45, 7) is 4.33. The molecule has 35 heavy (non-hydrogen) atoms. The Morgan fingerprint density at radius 1 is 0.971 bits per heavy atom. The van der Waals surface area contributed by atoms with E-state index in [0.29, 0.717) is 25.8 Å². The molecule has 190 valence electrons. The molecule has 3 fully saturated rings. The van der Waals surface area contributed by atoms with Crippen LogP contribution in [0.15, 0.2) is 54.6 Å². The second-order valence-electron chi connectivity index (χ2n) is 11.2. The SMILES string of the molecule is COc1ccc(N2CCC(O)(CN3[C@@H](c4ccccc4)C[C@@]4(C)[C@@H](O)[C@@H](O)CCC[C@@H]34)CC2)cc1. The van der Waals surface area contributed by atoms with Crippen molar-refractivity contribution in [2.75, 3.05) is 31.6 Å². The van der Waals surface area contributed by atoms with Crippen LogP contribution in [0.3, 0.4) is 0 Å². The molecule has 0 unspecified atom stereocenters. The summed E-state index contributed by atoms with van der Waals surface area (Å²) in [5.74, 6) is 0.849. The number of nitrogens with zero attached hydrogens (tertiary/aromatic N) is 2. The van der Waals surface area contributed by atoms with Crippen molar-refractivity contribution in [2.24, 2.45) is 5.41 Å². The maximum absolute atomic E-state index is 11.8. The van der Waals surface area contributed by atoms with Crippen molar-refractivity contribution in [3.63, 3.8) is 0 Å². The summed E-state index contributed by atoms with van der Waals surface area (Å²) in [5, 5.41) is 33.6. The first-order chi connectivity index (χ1) is 16.8. The molecule has 2 aromatic carbocycles. The van der Waals surface area contributed by atoms with Crippen LogP contribution >= 0.6 is 0 Å². The molecule has 0 bridgehead atoms. The number of fused-ring (bicyclic) bond motifs is 1. The highest BCUT2D eigenvalue weighted by Crippen LogP contribution is 2.54. The van der Waals surface area contributed by atoms with E-state index in [4.69, 9.17) is 4.74 Å². The molecule has 6 heteroatoms. The smallest absolute Gasteiger partial charge is 0.119 e. The van der Waals surface area contributed by atoms with Crippen molar-refractivity contribution in [1.82, 2.24) is 4.90 Å². The van der Waals surface area contributed by atoms with Gasteiger partial charge < -0.3 is 25.0 Å². The lowest BCUT2D eigenvalue weighted by Gasteiger charge is -2.45. The summed E-state index contributed by atoms with van der Waals surface area (Å²) in [5.41, 5.74) is 1.20. The molecule has 5 rings (SSSR count). The van der Waals surface area contributed by atoms with Crippen LogP contribution in [0.5, 0.6) is 5.75 Å². The number of ether oxygens (including phenoxy) is 1. The van der Waals surface area contributed by atoms with Gasteiger partial charge in [0.15, 0.2) is 0 Å². The maximum atomic E-state index is 11.8. The molecule has 2 aliphatic heterocycles. The lowest BCUT2D eigenvalue weighted by Crippen LogP contribution is -2.54. The zero-order valence-corrected chi connectivity index (χ0v) is 21.0. The van der Waals surface area contributed by atoms with Crippen LogP contribution in [0.1, 0.15) is 57.1 Å². The van der Waals surface area contributed by atoms with Gasteiger partial charge in [0.1, 0.15) is 5.75 Å². The average Bonchev–Trinajstić information content (AvgIpc) is 3.10. The number of rotatable bonds is 5. The van der Waals surface area contributed by atoms with Gasteiger partial charge in [0.2, 0.25) is 0 Å². The number of β-amino-alcohol motifs (C(OH)–C–C–N with tert-alkyl or cyclic N) is 1. The largest absolute Gasteiger partial charge is 0.497 e. The molecule has 5 atom stereocenters. The van der Waals surface area contributed by atoms with Gasteiger partial charge in [-0.3, -0.25) is 4.90 Å².